The second-order valence-electron chi connectivity index (χ2n) is 3.83. The number of likely N-dealkylation sites (N-methyl/N-ethyl adjacent to an activating group) is 1. The Morgan fingerprint density at radius 3 is 2.40 bits per heavy atom. The van der Waals surface area contributed by atoms with Crippen molar-refractivity contribution >= 4 is 25.6 Å². The van der Waals surface area contributed by atoms with Gasteiger partial charge in [-0.05, 0) is 19.1 Å². The molecule has 1 amide bonds. The number of hydrogen-bond acceptors (Lipinski definition) is 3. The maximum atomic E-state index is 13.3. The Labute approximate surface area is 120 Å². The molecule has 0 fully saturated rings. The molecule has 20 heavy (non-hydrogen) atoms. The van der Waals surface area contributed by atoms with Gasteiger partial charge in [0.1, 0.15) is 0 Å². The molecule has 0 aliphatic heterocycles. The van der Waals surface area contributed by atoms with Crippen molar-refractivity contribution in [2.24, 2.45) is 0 Å². The Morgan fingerprint density at radius 1 is 1.40 bits per heavy atom. The average Bonchev–Trinajstić information content (AvgIpc) is 2.36. The fourth-order valence-electron chi connectivity index (χ4n) is 1.58. The number of amides is 1. The predicted octanol–water partition coefficient (Wildman–Crippen LogP) is 2.54. The van der Waals surface area contributed by atoms with Gasteiger partial charge in [-0.2, -0.15) is 0 Å². The molecular formula is C12H12ClF2NO3S. The largest absolute Gasteiger partial charge is 0.335 e. The van der Waals surface area contributed by atoms with Crippen molar-refractivity contribution in [1.82, 2.24) is 4.90 Å². The van der Waals surface area contributed by atoms with Crippen molar-refractivity contribution in [3.63, 3.8) is 0 Å². The fourth-order valence-corrected chi connectivity index (χ4v) is 2.62. The number of rotatable bonds is 5. The Kier molecular flexibility index (Phi) is 5.24. The number of hydrogen-bond donors (Lipinski definition) is 0. The molecule has 110 valence electrons. The second-order valence-corrected chi connectivity index (χ2v) is 6.37. The third-order valence-electron chi connectivity index (χ3n) is 2.53. The highest BCUT2D eigenvalue weighted by Crippen LogP contribution is 2.24. The molecule has 0 spiro atoms. The van der Waals surface area contributed by atoms with Crippen LogP contribution in [0.15, 0.2) is 29.7 Å². The molecule has 0 bridgehead atoms. The molecule has 1 rings (SSSR count). The van der Waals surface area contributed by atoms with Crippen LogP contribution in [0.4, 0.5) is 8.78 Å². The average molecular weight is 324 g/mol. The summed E-state index contributed by atoms with van der Waals surface area (Å²) < 4.78 is 49.2. The molecule has 0 atom stereocenters. The highest BCUT2D eigenvalue weighted by Gasteiger charge is 2.26. The van der Waals surface area contributed by atoms with Gasteiger partial charge in [-0.1, -0.05) is 6.08 Å². The molecule has 0 saturated heterocycles. The van der Waals surface area contributed by atoms with Crippen molar-refractivity contribution in [3.05, 3.63) is 42.0 Å². The highest BCUT2D eigenvalue weighted by molar-refractivity contribution is 8.13. The minimum atomic E-state index is -4.38. The Balaban J connectivity index is 3.47. The molecule has 1 aromatic rings. The van der Waals surface area contributed by atoms with Gasteiger partial charge in [0.05, 0.1) is 10.5 Å². The minimum Gasteiger partial charge on any atom is -0.335 e. The Morgan fingerprint density at radius 2 is 1.95 bits per heavy atom. The molecule has 0 aliphatic rings. The molecule has 0 unspecified atom stereocenters. The van der Waals surface area contributed by atoms with Crippen LogP contribution in [0.25, 0.3) is 0 Å². The van der Waals surface area contributed by atoms with E-state index in [-0.39, 0.29) is 13.1 Å². The number of nitrogens with zero attached hydrogens (tertiary/aromatic N) is 1. The number of carbonyl (C=O) groups is 1. The molecule has 0 heterocycles. The summed E-state index contributed by atoms with van der Waals surface area (Å²) in [6.07, 6.45) is 1.43. The quantitative estimate of drug-likeness (QED) is 0.618. The number of carbonyl (C=O) groups excluding carboxylic acids is 1. The summed E-state index contributed by atoms with van der Waals surface area (Å²) in [4.78, 5) is 12.6. The molecular weight excluding hydrogens is 312 g/mol. The summed E-state index contributed by atoms with van der Waals surface area (Å²) >= 11 is 0. The Bertz CT molecular complexity index is 646. The van der Waals surface area contributed by atoms with Crippen LogP contribution in [0, 0.1) is 11.6 Å². The van der Waals surface area contributed by atoms with Crippen LogP contribution in [0.1, 0.15) is 17.3 Å². The monoisotopic (exact) mass is 323 g/mol. The highest BCUT2D eigenvalue weighted by atomic mass is 35.7. The topological polar surface area (TPSA) is 54.5 Å². The van der Waals surface area contributed by atoms with Gasteiger partial charge < -0.3 is 4.90 Å². The van der Waals surface area contributed by atoms with Gasteiger partial charge in [0, 0.05) is 23.8 Å². The van der Waals surface area contributed by atoms with Crippen LogP contribution in [0.5, 0.6) is 0 Å². The SMILES string of the molecule is C=CCN(CC)C(=O)c1cc(F)c(F)cc1S(=O)(=O)Cl. The van der Waals surface area contributed by atoms with E-state index in [1.165, 1.54) is 11.0 Å². The van der Waals surface area contributed by atoms with E-state index < -0.39 is 37.1 Å². The van der Waals surface area contributed by atoms with Crippen LogP contribution in [-0.4, -0.2) is 32.3 Å². The normalized spacial score (nSPS) is 11.2. The van der Waals surface area contributed by atoms with Crippen LogP contribution < -0.4 is 0 Å². The first-order valence-electron chi connectivity index (χ1n) is 5.56. The molecule has 0 aromatic heterocycles. The lowest BCUT2D eigenvalue weighted by Crippen LogP contribution is -2.32. The minimum absolute atomic E-state index is 0.135. The summed E-state index contributed by atoms with van der Waals surface area (Å²) in [5.41, 5.74) is -0.511. The van der Waals surface area contributed by atoms with Crippen molar-refractivity contribution in [2.45, 2.75) is 11.8 Å². The first kappa shape index (κ1) is 16.6. The van der Waals surface area contributed by atoms with E-state index in [9.17, 15) is 22.0 Å². The van der Waals surface area contributed by atoms with E-state index in [1.54, 1.807) is 6.92 Å². The van der Waals surface area contributed by atoms with E-state index >= 15 is 0 Å². The van der Waals surface area contributed by atoms with Gasteiger partial charge in [-0.25, -0.2) is 17.2 Å². The summed E-state index contributed by atoms with van der Waals surface area (Å²) in [5.74, 6) is -3.50. The predicted molar refractivity (Wildman–Crippen MR) is 71.2 cm³/mol. The summed E-state index contributed by atoms with van der Waals surface area (Å²) in [6, 6.07) is 0.922. The lowest BCUT2D eigenvalue weighted by Gasteiger charge is -2.20. The van der Waals surface area contributed by atoms with Crippen LogP contribution in [-0.2, 0) is 9.05 Å². The van der Waals surface area contributed by atoms with Gasteiger partial charge in [-0.15, -0.1) is 6.58 Å². The van der Waals surface area contributed by atoms with E-state index in [4.69, 9.17) is 10.7 Å². The second kappa shape index (κ2) is 6.32. The zero-order valence-corrected chi connectivity index (χ0v) is 12.1. The zero-order chi connectivity index (χ0) is 15.5. The molecule has 0 saturated carbocycles. The van der Waals surface area contributed by atoms with Crippen molar-refractivity contribution in [1.29, 1.82) is 0 Å². The lowest BCUT2D eigenvalue weighted by atomic mass is 10.2. The van der Waals surface area contributed by atoms with Crippen LogP contribution in [0.2, 0.25) is 0 Å². The first-order valence-corrected chi connectivity index (χ1v) is 7.87. The van der Waals surface area contributed by atoms with E-state index in [0.29, 0.717) is 12.1 Å². The number of halogens is 3. The molecule has 8 heteroatoms. The molecule has 0 radical (unpaired) electrons. The van der Waals surface area contributed by atoms with Gasteiger partial charge in [0.2, 0.25) is 0 Å². The third kappa shape index (κ3) is 3.55. The summed E-state index contributed by atoms with van der Waals surface area (Å²) in [5, 5.41) is 0. The summed E-state index contributed by atoms with van der Waals surface area (Å²) in [6.45, 7) is 5.48. The third-order valence-corrected chi connectivity index (χ3v) is 3.90. The molecule has 1 aromatic carbocycles. The van der Waals surface area contributed by atoms with E-state index in [0.717, 1.165) is 0 Å². The smallest absolute Gasteiger partial charge is 0.262 e. The van der Waals surface area contributed by atoms with Gasteiger partial charge in [-0.3, -0.25) is 4.79 Å². The molecule has 0 N–H and O–H groups in total. The standard InChI is InChI=1S/C12H12ClF2NO3S/c1-3-5-16(4-2)12(17)8-6-9(14)10(15)7-11(8)20(13,18)19/h3,6-7H,1,4-5H2,2H3. The van der Waals surface area contributed by atoms with E-state index in [1.807, 2.05) is 0 Å². The summed E-state index contributed by atoms with van der Waals surface area (Å²) in [7, 11) is 0.767. The van der Waals surface area contributed by atoms with E-state index in [2.05, 4.69) is 6.58 Å². The fraction of sp³-hybridized carbons (Fsp3) is 0.250. The van der Waals surface area contributed by atoms with Crippen molar-refractivity contribution < 1.29 is 22.0 Å². The van der Waals surface area contributed by atoms with Gasteiger partial charge >= 0.3 is 0 Å². The first-order chi connectivity index (χ1) is 9.22. The number of benzene rings is 1. The molecule has 4 nitrogen and oxygen atoms in total. The maximum absolute atomic E-state index is 13.3. The van der Waals surface area contributed by atoms with Crippen molar-refractivity contribution in [2.75, 3.05) is 13.1 Å². The Hall–Kier alpha value is -1.47. The van der Waals surface area contributed by atoms with Crippen molar-refractivity contribution in [3.8, 4) is 0 Å². The van der Waals surface area contributed by atoms with Crippen LogP contribution >= 0.6 is 10.7 Å². The van der Waals surface area contributed by atoms with Gasteiger partial charge in [0.25, 0.3) is 15.0 Å². The molecule has 0 aliphatic carbocycles. The lowest BCUT2D eigenvalue weighted by molar-refractivity contribution is 0.0777. The maximum Gasteiger partial charge on any atom is 0.262 e. The van der Waals surface area contributed by atoms with Crippen LogP contribution in [0.3, 0.4) is 0 Å². The van der Waals surface area contributed by atoms with Gasteiger partial charge in [0.15, 0.2) is 11.6 Å². The zero-order valence-electron chi connectivity index (χ0n) is 10.6.